The van der Waals surface area contributed by atoms with E-state index in [4.69, 9.17) is 0 Å². The van der Waals surface area contributed by atoms with E-state index in [1.165, 1.54) is 5.56 Å². The fraction of sp³-hybridized carbons (Fsp3) is 0.357. The highest BCUT2D eigenvalue weighted by Gasteiger charge is 2.05. The first kappa shape index (κ1) is 14.0. The van der Waals surface area contributed by atoms with Crippen LogP contribution >= 0.6 is 0 Å². The van der Waals surface area contributed by atoms with Crippen LogP contribution in [0.15, 0.2) is 41.7 Å². The van der Waals surface area contributed by atoms with Crippen LogP contribution < -0.4 is 5.32 Å². The molecule has 2 rings (SSSR count). The predicted octanol–water partition coefficient (Wildman–Crippen LogP) is 1.02. The summed E-state index contributed by atoms with van der Waals surface area (Å²) < 4.78 is 1.89. The smallest absolute Gasteiger partial charge is 0.194 e. The average molecular weight is 272 g/mol. The second kappa shape index (κ2) is 6.70. The van der Waals surface area contributed by atoms with Crippen LogP contribution in [-0.2, 0) is 20.1 Å². The number of hydrogen-bond acceptors (Lipinski definition) is 3. The van der Waals surface area contributed by atoms with Crippen LogP contribution in [0.25, 0.3) is 0 Å². The van der Waals surface area contributed by atoms with Crippen molar-refractivity contribution in [2.45, 2.75) is 13.1 Å². The molecule has 0 amide bonds. The number of hydrogen-bond donors (Lipinski definition) is 1. The van der Waals surface area contributed by atoms with Crippen LogP contribution in [-0.4, -0.2) is 39.7 Å². The highest BCUT2D eigenvalue weighted by Crippen LogP contribution is 2.01. The van der Waals surface area contributed by atoms with E-state index in [0.717, 1.165) is 11.8 Å². The third-order valence-electron chi connectivity index (χ3n) is 2.89. The van der Waals surface area contributed by atoms with Crippen LogP contribution in [0.3, 0.4) is 0 Å². The molecule has 1 aromatic heterocycles. The Morgan fingerprint density at radius 2 is 2.05 bits per heavy atom. The van der Waals surface area contributed by atoms with Gasteiger partial charge in [-0.25, -0.2) is 4.99 Å². The normalized spacial score (nSPS) is 11.4. The van der Waals surface area contributed by atoms with Crippen LogP contribution in [0.2, 0.25) is 0 Å². The average Bonchev–Trinajstić information content (AvgIpc) is 2.85. The molecule has 106 valence electrons. The molecule has 0 bridgehead atoms. The Labute approximate surface area is 119 Å². The van der Waals surface area contributed by atoms with Gasteiger partial charge < -0.3 is 14.8 Å². The molecule has 0 aliphatic rings. The monoisotopic (exact) mass is 272 g/mol. The molecule has 0 unspecified atom stereocenters. The highest BCUT2D eigenvalue weighted by atomic mass is 15.3. The van der Waals surface area contributed by atoms with Crippen LogP contribution in [0.1, 0.15) is 11.4 Å². The molecule has 0 aliphatic heterocycles. The number of nitrogens with one attached hydrogen (secondary N) is 1. The molecule has 6 heteroatoms. The molecule has 20 heavy (non-hydrogen) atoms. The number of benzene rings is 1. The predicted molar refractivity (Wildman–Crippen MR) is 79.1 cm³/mol. The summed E-state index contributed by atoms with van der Waals surface area (Å²) in [6, 6.07) is 10.2. The molecule has 0 saturated heterocycles. The van der Waals surface area contributed by atoms with Crippen molar-refractivity contribution in [3.63, 3.8) is 0 Å². The van der Waals surface area contributed by atoms with Crippen molar-refractivity contribution in [2.75, 3.05) is 14.1 Å². The standard InChI is InChI=1S/C14H20N6/c1-19(2)14(15-9-12-7-5-4-6-8-12)16-10-13-18-17-11-20(13)3/h4-8,11H,9-10H2,1-3H3,(H,15,16). The van der Waals surface area contributed by atoms with E-state index in [-0.39, 0.29) is 0 Å². The summed E-state index contributed by atoms with van der Waals surface area (Å²) in [4.78, 5) is 6.55. The minimum Gasteiger partial charge on any atom is -0.349 e. The molecule has 1 N–H and O–H groups in total. The number of aryl methyl sites for hydroxylation is 1. The van der Waals surface area contributed by atoms with Gasteiger partial charge in [-0.3, -0.25) is 0 Å². The van der Waals surface area contributed by atoms with Crippen LogP contribution in [0.5, 0.6) is 0 Å². The topological polar surface area (TPSA) is 58.3 Å². The van der Waals surface area contributed by atoms with E-state index in [1.54, 1.807) is 6.33 Å². The Bertz CT molecular complexity index is 558. The molecule has 0 atom stereocenters. The molecule has 0 spiro atoms. The Balaban J connectivity index is 1.98. The lowest BCUT2D eigenvalue weighted by Crippen LogP contribution is -2.36. The van der Waals surface area contributed by atoms with Gasteiger partial charge in [0.1, 0.15) is 6.33 Å². The van der Waals surface area contributed by atoms with Crippen molar-refractivity contribution in [1.82, 2.24) is 25.0 Å². The molecular formula is C14H20N6. The zero-order valence-corrected chi connectivity index (χ0v) is 12.1. The lowest BCUT2D eigenvalue weighted by Gasteiger charge is -2.17. The lowest BCUT2D eigenvalue weighted by atomic mass is 10.2. The first-order valence-electron chi connectivity index (χ1n) is 6.49. The maximum Gasteiger partial charge on any atom is 0.194 e. The number of aliphatic imine (C=N–C) groups is 1. The summed E-state index contributed by atoms with van der Waals surface area (Å²) in [5, 5.41) is 11.2. The third-order valence-corrected chi connectivity index (χ3v) is 2.89. The van der Waals surface area contributed by atoms with Crippen molar-refractivity contribution in [3.05, 3.63) is 48.0 Å². The molecule has 0 saturated carbocycles. The Hall–Kier alpha value is -2.37. The zero-order valence-electron chi connectivity index (χ0n) is 12.1. The Kier molecular flexibility index (Phi) is 4.70. The van der Waals surface area contributed by atoms with Gasteiger partial charge in [0, 0.05) is 21.1 Å². The summed E-state index contributed by atoms with van der Waals surface area (Å²) in [5.74, 6) is 1.70. The molecule has 0 radical (unpaired) electrons. The molecular weight excluding hydrogens is 252 g/mol. The van der Waals surface area contributed by atoms with E-state index in [0.29, 0.717) is 13.1 Å². The van der Waals surface area contributed by atoms with Crippen molar-refractivity contribution in [2.24, 2.45) is 12.0 Å². The zero-order chi connectivity index (χ0) is 14.4. The molecule has 1 heterocycles. The number of rotatable bonds is 4. The number of nitrogens with zero attached hydrogens (tertiary/aromatic N) is 5. The molecule has 6 nitrogen and oxygen atoms in total. The summed E-state index contributed by atoms with van der Waals surface area (Å²) >= 11 is 0. The maximum atomic E-state index is 4.60. The first-order valence-corrected chi connectivity index (χ1v) is 6.49. The van der Waals surface area contributed by atoms with Crippen molar-refractivity contribution < 1.29 is 0 Å². The molecule has 0 aliphatic carbocycles. The van der Waals surface area contributed by atoms with E-state index >= 15 is 0 Å². The van der Waals surface area contributed by atoms with Gasteiger partial charge in [0.25, 0.3) is 0 Å². The van der Waals surface area contributed by atoms with Gasteiger partial charge in [-0.05, 0) is 5.56 Å². The molecule has 2 aromatic rings. The van der Waals surface area contributed by atoms with Crippen molar-refractivity contribution >= 4 is 5.96 Å². The summed E-state index contributed by atoms with van der Waals surface area (Å²) in [5.41, 5.74) is 1.19. The number of guanidine groups is 1. The summed E-state index contributed by atoms with van der Waals surface area (Å²) in [7, 11) is 5.86. The Morgan fingerprint density at radius 3 is 2.65 bits per heavy atom. The van der Waals surface area contributed by atoms with Crippen LogP contribution in [0, 0.1) is 0 Å². The van der Waals surface area contributed by atoms with Gasteiger partial charge in [0.05, 0.1) is 13.1 Å². The minimum atomic E-state index is 0.600. The fourth-order valence-electron chi connectivity index (χ4n) is 1.73. The van der Waals surface area contributed by atoms with Gasteiger partial charge in [-0.1, -0.05) is 30.3 Å². The lowest BCUT2D eigenvalue weighted by molar-refractivity contribution is 0.572. The molecule has 1 aromatic carbocycles. The molecule has 0 fully saturated rings. The van der Waals surface area contributed by atoms with E-state index in [1.807, 2.05) is 48.8 Å². The fourth-order valence-corrected chi connectivity index (χ4v) is 1.73. The van der Waals surface area contributed by atoms with E-state index in [2.05, 4.69) is 32.6 Å². The minimum absolute atomic E-state index is 0.600. The maximum absolute atomic E-state index is 4.60. The van der Waals surface area contributed by atoms with Gasteiger partial charge >= 0.3 is 0 Å². The van der Waals surface area contributed by atoms with Crippen LogP contribution in [0.4, 0.5) is 0 Å². The van der Waals surface area contributed by atoms with E-state index < -0.39 is 0 Å². The highest BCUT2D eigenvalue weighted by molar-refractivity contribution is 5.79. The second-order valence-corrected chi connectivity index (χ2v) is 4.73. The van der Waals surface area contributed by atoms with Crippen molar-refractivity contribution in [1.29, 1.82) is 0 Å². The van der Waals surface area contributed by atoms with Gasteiger partial charge in [0.2, 0.25) is 0 Å². The third kappa shape index (κ3) is 3.81. The first-order chi connectivity index (χ1) is 9.66. The van der Waals surface area contributed by atoms with Gasteiger partial charge in [-0.15, -0.1) is 10.2 Å². The largest absolute Gasteiger partial charge is 0.349 e. The van der Waals surface area contributed by atoms with Gasteiger partial charge in [0.15, 0.2) is 11.8 Å². The number of aromatic nitrogens is 3. The quantitative estimate of drug-likeness (QED) is 0.667. The van der Waals surface area contributed by atoms with E-state index in [9.17, 15) is 0 Å². The SMILES string of the molecule is CN(C)C(=NCc1ccccc1)NCc1nncn1C. The summed E-state index contributed by atoms with van der Waals surface area (Å²) in [6.07, 6.45) is 1.69. The Morgan fingerprint density at radius 1 is 1.30 bits per heavy atom. The van der Waals surface area contributed by atoms with Crippen molar-refractivity contribution in [3.8, 4) is 0 Å². The summed E-state index contributed by atoms with van der Waals surface area (Å²) in [6.45, 7) is 1.25. The van der Waals surface area contributed by atoms with Gasteiger partial charge in [-0.2, -0.15) is 0 Å². The second-order valence-electron chi connectivity index (χ2n) is 4.73.